The second-order valence-electron chi connectivity index (χ2n) is 5.51. The van der Waals surface area contributed by atoms with Crippen molar-refractivity contribution in [3.05, 3.63) is 16.9 Å². The molecule has 0 unspecified atom stereocenters. The molecule has 0 radical (unpaired) electrons. The lowest BCUT2D eigenvalue weighted by molar-refractivity contribution is -0.154. The van der Waals surface area contributed by atoms with Crippen LogP contribution in [0.25, 0.3) is 0 Å². The fourth-order valence-corrected chi connectivity index (χ4v) is 2.88. The number of rotatable bonds is 3. The van der Waals surface area contributed by atoms with Crippen LogP contribution in [0, 0.1) is 0 Å². The molecule has 3 rings (SSSR count). The number of amides is 1. The minimum absolute atomic E-state index is 0.0203. The summed E-state index contributed by atoms with van der Waals surface area (Å²) in [6.45, 7) is 2.17. The molecule has 1 N–H and O–H groups in total. The van der Waals surface area contributed by atoms with Crippen LogP contribution in [0.15, 0.2) is 6.20 Å². The maximum Gasteiger partial charge on any atom is 0.334 e. The van der Waals surface area contributed by atoms with Crippen LogP contribution < -0.4 is 4.90 Å². The van der Waals surface area contributed by atoms with Crippen molar-refractivity contribution in [1.82, 2.24) is 14.9 Å². The number of hydrogen-bond acceptors (Lipinski definition) is 6. The van der Waals surface area contributed by atoms with Gasteiger partial charge in [0, 0.05) is 19.6 Å². The maximum absolute atomic E-state index is 12.6. The van der Waals surface area contributed by atoms with Gasteiger partial charge in [-0.1, -0.05) is 11.6 Å². The van der Waals surface area contributed by atoms with E-state index in [1.165, 1.54) is 11.1 Å². The summed E-state index contributed by atoms with van der Waals surface area (Å²) in [6, 6.07) is 0. The number of nitrogens with zero attached hydrogens (tertiary/aromatic N) is 4. The molecule has 0 saturated carbocycles. The number of morpholine rings is 1. The van der Waals surface area contributed by atoms with Gasteiger partial charge in [-0.3, -0.25) is 4.79 Å². The topological polar surface area (TPSA) is 95.9 Å². The van der Waals surface area contributed by atoms with Gasteiger partial charge in [-0.15, -0.1) is 0 Å². The van der Waals surface area contributed by atoms with Crippen LogP contribution in [0.5, 0.6) is 0 Å². The Hall–Kier alpha value is -1.93. The molecule has 8 nitrogen and oxygen atoms in total. The fourth-order valence-electron chi connectivity index (χ4n) is 2.71. The Balaban J connectivity index is 1.80. The van der Waals surface area contributed by atoms with Gasteiger partial charge in [0.1, 0.15) is 0 Å². The molecule has 23 heavy (non-hydrogen) atoms. The number of carboxylic acid groups (broad SMARTS) is 1. The van der Waals surface area contributed by atoms with Crippen molar-refractivity contribution in [2.75, 3.05) is 37.7 Å². The molecule has 3 heterocycles. The van der Waals surface area contributed by atoms with Crippen LogP contribution in [0.1, 0.15) is 23.3 Å². The van der Waals surface area contributed by atoms with E-state index >= 15 is 0 Å². The van der Waals surface area contributed by atoms with Crippen LogP contribution in [0.3, 0.4) is 0 Å². The number of carbonyl (C=O) groups excluding carboxylic acids is 1. The van der Waals surface area contributed by atoms with Gasteiger partial charge in [-0.05, 0) is 12.8 Å². The lowest BCUT2D eigenvalue weighted by Crippen LogP contribution is -2.48. The van der Waals surface area contributed by atoms with Gasteiger partial charge in [0.15, 0.2) is 11.8 Å². The number of aliphatic carboxylic acids is 1. The minimum atomic E-state index is -1.09. The Kier molecular flexibility index (Phi) is 4.63. The predicted molar refractivity (Wildman–Crippen MR) is 81.8 cm³/mol. The number of hydrogen-bond donors (Lipinski definition) is 1. The van der Waals surface area contributed by atoms with Gasteiger partial charge in [-0.2, -0.15) is 0 Å². The van der Waals surface area contributed by atoms with Gasteiger partial charge in [0.25, 0.3) is 5.91 Å². The van der Waals surface area contributed by atoms with Crippen LogP contribution in [-0.2, 0) is 9.53 Å². The van der Waals surface area contributed by atoms with Gasteiger partial charge in [-0.25, -0.2) is 14.8 Å². The number of aromatic nitrogens is 2. The van der Waals surface area contributed by atoms with Crippen molar-refractivity contribution in [2.24, 2.45) is 0 Å². The number of ether oxygens (including phenoxy) is 1. The predicted octanol–water partition coefficient (Wildman–Crippen LogP) is 0.656. The lowest BCUT2D eigenvalue weighted by atomic mass is 10.2. The van der Waals surface area contributed by atoms with Gasteiger partial charge >= 0.3 is 5.97 Å². The largest absolute Gasteiger partial charge is 0.479 e. The third-order valence-corrected chi connectivity index (χ3v) is 4.23. The highest BCUT2D eigenvalue weighted by Gasteiger charge is 2.31. The highest BCUT2D eigenvalue weighted by molar-refractivity contribution is 6.33. The Morgan fingerprint density at radius 2 is 2.04 bits per heavy atom. The van der Waals surface area contributed by atoms with Crippen LogP contribution in [0.4, 0.5) is 5.95 Å². The lowest BCUT2D eigenvalue weighted by Gasteiger charge is -2.30. The Morgan fingerprint density at radius 3 is 2.74 bits per heavy atom. The van der Waals surface area contributed by atoms with Crippen molar-refractivity contribution in [2.45, 2.75) is 18.9 Å². The molecular formula is C14H17ClN4O4. The summed E-state index contributed by atoms with van der Waals surface area (Å²) in [7, 11) is 0. The SMILES string of the molecule is O=C(O)[C@H]1CN(C(=O)c2nc(N3CCCC3)ncc2Cl)CCO1. The molecule has 0 spiro atoms. The second kappa shape index (κ2) is 6.67. The average molecular weight is 341 g/mol. The molecule has 124 valence electrons. The zero-order valence-corrected chi connectivity index (χ0v) is 13.2. The standard InChI is InChI=1S/C14H17ClN4O4/c15-9-7-16-14(18-3-1-2-4-18)17-11(9)12(20)19-5-6-23-10(8-19)13(21)22/h7,10H,1-6,8H2,(H,21,22)/t10-/m1/s1. The molecule has 1 amide bonds. The average Bonchev–Trinajstić information content (AvgIpc) is 3.09. The first-order valence-electron chi connectivity index (χ1n) is 7.47. The van der Waals surface area contributed by atoms with Crippen LogP contribution >= 0.6 is 11.6 Å². The molecular weight excluding hydrogens is 324 g/mol. The fraction of sp³-hybridized carbons (Fsp3) is 0.571. The Bertz CT molecular complexity index is 621. The first-order chi connectivity index (χ1) is 11.1. The van der Waals surface area contributed by atoms with E-state index in [1.54, 1.807) is 0 Å². The summed E-state index contributed by atoms with van der Waals surface area (Å²) in [5.41, 5.74) is 0.106. The van der Waals surface area contributed by atoms with E-state index in [4.69, 9.17) is 21.4 Å². The van der Waals surface area contributed by atoms with Gasteiger partial charge in [0.05, 0.1) is 24.4 Å². The van der Waals surface area contributed by atoms with Crippen LogP contribution in [-0.4, -0.2) is 70.7 Å². The van der Waals surface area contributed by atoms with Gasteiger partial charge < -0.3 is 19.6 Å². The molecule has 1 aromatic heterocycles. The van der Waals surface area contributed by atoms with E-state index in [0.717, 1.165) is 25.9 Å². The number of carboxylic acids is 1. The molecule has 0 bridgehead atoms. The number of carbonyl (C=O) groups is 2. The van der Waals surface area contributed by atoms with Crippen LogP contribution in [0.2, 0.25) is 5.02 Å². The summed E-state index contributed by atoms with van der Waals surface area (Å²) in [5.74, 6) is -1.00. The molecule has 1 aromatic rings. The van der Waals surface area contributed by atoms with Crippen molar-refractivity contribution in [3.8, 4) is 0 Å². The molecule has 0 aromatic carbocycles. The monoisotopic (exact) mass is 340 g/mol. The zero-order valence-electron chi connectivity index (χ0n) is 12.4. The third kappa shape index (κ3) is 3.37. The maximum atomic E-state index is 12.6. The van der Waals surface area contributed by atoms with Gasteiger partial charge in [0.2, 0.25) is 5.95 Å². The van der Waals surface area contributed by atoms with E-state index in [0.29, 0.717) is 12.5 Å². The molecule has 2 fully saturated rings. The molecule has 2 saturated heterocycles. The number of halogens is 1. The molecule has 0 aliphatic carbocycles. The van der Waals surface area contributed by atoms with E-state index in [2.05, 4.69) is 9.97 Å². The van der Waals surface area contributed by atoms with E-state index in [1.807, 2.05) is 4.90 Å². The van der Waals surface area contributed by atoms with Crippen molar-refractivity contribution >= 4 is 29.4 Å². The van der Waals surface area contributed by atoms with Crippen molar-refractivity contribution in [3.63, 3.8) is 0 Å². The molecule has 9 heteroatoms. The van der Waals surface area contributed by atoms with Crippen molar-refractivity contribution in [1.29, 1.82) is 0 Å². The first-order valence-corrected chi connectivity index (χ1v) is 7.85. The summed E-state index contributed by atoms with van der Waals surface area (Å²) < 4.78 is 5.12. The smallest absolute Gasteiger partial charge is 0.334 e. The quantitative estimate of drug-likeness (QED) is 0.863. The summed E-state index contributed by atoms with van der Waals surface area (Å²) >= 11 is 6.08. The molecule has 2 aliphatic heterocycles. The summed E-state index contributed by atoms with van der Waals surface area (Å²) in [4.78, 5) is 35.6. The molecule has 2 aliphatic rings. The van der Waals surface area contributed by atoms with E-state index < -0.39 is 18.0 Å². The summed E-state index contributed by atoms with van der Waals surface area (Å²) in [6.07, 6.45) is 2.54. The third-order valence-electron chi connectivity index (χ3n) is 3.95. The zero-order chi connectivity index (χ0) is 16.4. The Labute approximate surface area is 138 Å². The molecule has 1 atom stereocenters. The van der Waals surface area contributed by atoms with E-state index in [9.17, 15) is 9.59 Å². The Morgan fingerprint density at radius 1 is 1.30 bits per heavy atom. The highest BCUT2D eigenvalue weighted by Crippen LogP contribution is 2.21. The van der Waals surface area contributed by atoms with Crippen molar-refractivity contribution < 1.29 is 19.4 Å². The first kappa shape index (κ1) is 15.9. The number of anilines is 1. The summed E-state index contributed by atoms with van der Waals surface area (Å²) in [5, 5.41) is 9.19. The highest BCUT2D eigenvalue weighted by atomic mass is 35.5. The minimum Gasteiger partial charge on any atom is -0.479 e. The van der Waals surface area contributed by atoms with E-state index in [-0.39, 0.29) is 23.9 Å². The second-order valence-corrected chi connectivity index (χ2v) is 5.92. The normalized spacial score (nSPS) is 21.5.